The SMILES string of the molecule is COC(C)C(=O)c1nc(Br)cn1N(C(=O)O)C(C)(C)C. The standard InChI is InChI=1S/C12H18BrN3O4/c1-7(20-5)9(17)10-14-8(13)6-15(10)16(11(18)19)12(2,3)4/h6-7H,1-5H3,(H,18,19). The topological polar surface area (TPSA) is 84.7 Å². The van der Waals surface area contributed by atoms with Crippen molar-refractivity contribution in [2.75, 3.05) is 12.1 Å². The molecule has 1 aromatic rings. The highest BCUT2D eigenvalue weighted by Crippen LogP contribution is 2.19. The van der Waals surface area contributed by atoms with Crippen molar-refractivity contribution < 1.29 is 19.4 Å². The van der Waals surface area contributed by atoms with Crippen molar-refractivity contribution in [3.8, 4) is 0 Å². The van der Waals surface area contributed by atoms with Crippen LogP contribution in [0.3, 0.4) is 0 Å². The Hall–Kier alpha value is -1.41. The minimum Gasteiger partial charge on any atom is -0.464 e. The molecule has 0 aromatic carbocycles. The normalized spacial score (nSPS) is 13.1. The molecular weight excluding hydrogens is 330 g/mol. The van der Waals surface area contributed by atoms with Crippen LogP contribution in [0.25, 0.3) is 0 Å². The summed E-state index contributed by atoms with van der Waals surface area (Å²) in [6.45, 7) is 6.76. The molecule has 1 aromatic heterocycles. The van der Waals surface area contributed by atoms with Gasteiger partial charge in [-0.2, -0.15) is 0 Å². The lowest BCUT2D eigenvalue weighted by Crippen LogP contribution is -2.53. The van der Waals surface area contributed by atoms with Gasteiger partial charge >= 0.3 is 6.09 Å². The molecule has 0 saturated heterocycles. The predicted octanol–water partition coefficient (Wildman–Crippen LogP) is 2.28. The number of rotatable bonds is 4. The lowest BCUT2D eigenvalue weighted by molar-refractivity contribution is 0.0638. The Morgan fingerprint density at radius 2 is 2.05 bits per heavy atom. The van der Waals surface area contributed by atoms with Gasteiger partial charge in [0, 0.05) is 7.11 Å². The fourth-order valence-corrected chi connectivity index (χ4v) is 2.02. The lowest BCUT2D eigenvalue weighted by atomic mass is 10.1. The third-order valence-electron chi connectivity index (χ3n) is 2.63. The fourth-order valence-electron chi connectivity index (χ4n) is 1.65. The van der Waals surface area contributed by atoms with Crippen LogP contribution in [0.1, 0.15) is 38.3 Å². The number of Topliss-reactive ketones (excluding diaryl/α,β-unsaturated/α-hetero) is 1. The van der Waals surface area contributed by atoms with Crippen LogP contribution in [0, 0.1) is 0 Å². The molecule has 1 rings (SSSR count). The molecule has 1 N–H and O–H groups in total. The zero-order chi connectivity index (χ0) is 15.7. The highest BCUT2D eigenvalue weighted by atomic mass is 79.9. The Morgan fingerprint density at radius 1 is 1.50 bits per heavy atom. The number of imidazole rings is 1. The number of hydrogen-bond acceptors (Lipinski definition) is 4. The molecule has 1 atom stereocenters. The van der Waals surface area contributed by atoms with Crippen LogP contribution in [0.15, 0.2) is 10.8 Å². The van der Waals surface area contributed by atoms with E-state index in [-0.39, 0.29) is 5.82 Å². The predicted molar refractivity (Wildman–Crippen MR) is 76.7 cm³/mol. The first kappa shape index (κ1) is 16.6. The average molecular weight is 348 g/mol. The maximum Gasteiger partial charge on any atom is 0.427 e. The average Bonchev–Trinajstić information content (AvgIpc) is 2.66. The molecule has 0 saturated carbocycles. The van der Waals surface area contributed by atoms with E-state index in [0.717, 1.165) is 5.01 Å². The second kappa shape index (κ2) is 5.92. The number of methoxy groups -OCH3 is 1. The second-order valence-corrected chi connectivity index (χ2v) is 6.05. The molecule has 0 aliphatic heterocycles. The van der Waals surface area contributed by atoms with Gasteiger partial charge in [-0.05, 0) is 43.6 Å². The van der Waals surface area contributed by atoms with Crippen LogP contribution in [-0.2, 0) is 4.74 Å². The molecule has 0 bridgehead atoms. The number of hydrogen-bond donors (Lipinski definition) is 1. The molecule has 1 unspecified atom stereocenters. The summed E-state index contributed by atoms with van der Waals surface area (Å²) in [6.07, 6.45) is -0.449. The monoisotopic (exact) mass is 347 g/mol. The molecule has 1 amide bonds. The van der Waals surface area contributed by atoms with Gasteiger partial charge in [0.05, 0.1) is 11.7 Å². The number of carboxylic acid groups (broad SMARTS) is 1. The summed E-state index contributed by atoms with van der Waals surface area (Å²) in [5.74, 6) is -0.391. The van der Waals surface area contributed by atoms with Gasteiger partial charge in [-0.1, -0.05) is 0 Å². The summed E-state index contributed by atoms with van der Waals surface area (Å²) in [6, 6.07) is 0. The van der Waals surface area contributed by atoms with Crippen molar-refractivity contribution in [3.63, 3.8) is 0 Å². The van der Waals surface area contributed by atoms with E-state index < -0.39 is 23.5 Å². The largest absolute Gasteiger partial charge is 0.464 e. The number of ketones is 1. The van der Waals surface area contributed by atoms with Crippen LogP contribution >= 0.6 is 15.9 Å². The van der Waals surface area contributed by atoms with Crippen molar-refractivity contribution in [2.45, 2.75) is 39.3 Å². The summed E-state index contributed by atoms with van der Waals surface area (Å²) in [5, 5.41) is 10.4. The maximum absolute atomic E-state index is 12.2. The minimum absolute atomic E-state index is 0.00329. The summed E-state index contributed by atoms with van der Waals surface area (Å²) < 4.78 is 6.57. The Balaban J connectivity index is 3.38. The van der Waals surface area contributed by atoms with Crippen molar-refractivity contribution >= 4 is 27.8 Å². The summed E-state index contributed by atoms with van der Waals surface area (Å²) >= 11 is 3.16. The van der Waals surface area contributed by atoms with Gasteiger partial charge in [0.1, 0.15) is 10.7 Å². The van der Waals surface area contributed by atoms with Crippen LogP contribution in [0.5, 0.6) is 0 Å². The molecule has 0 aliphatic carbocycles. The summed E-state index contributed by atoms with van der Waals surface area (Å²) in [7, 11) is 1.41. The highest BCUT2D eigenvalue weighted by Gasteiger charge is 2.33. The quantitative estimate of drug-likeness (QED) is 0.844. The summed E-state index contributed by atoms with van der Waals surface area (Å²) in [4.78, 5) is 27.7. The minimum atomic E-state index is -1.18. The Morgan fingerprint density at radius 3 is 2.45 bits per heavy atom. The Bertz CT molecular complexity index is 521. The first-order chi connectivity index (χ1) is 9.09. The van der Waals surface area contributed by atoms with E-state index in [4.69, 9.17) is 4.74 Å². The molecule has 8 heteroatoms. The summed E-state index contributed by atoms with van der Waals surface area (Å²) in [5.41, 5.74) is -0.739. The zero-order valence-electron chi connectivity index (χ0n) is 12.0. The number of carbonyl (C=O) groups excluding carboxylic acids is 1. The highest BCUT2D eigenvalue weighted by molar-refractivity contribution is 9.10. The van der Waals surface area contributed by atoms with Gasteiger partial charge in [-0.15, -0.1) is 0 Å². The lowest BCUT2D eigenvalue weighted by Gasteiger charge is -2.34. The molecule has 112 valence electrons. The molecule has 20 heavy (non-hydrogen) atoms. The van der Waals surface area contributed by atoms with Gasteiger partial charge in [0.25, 0.3) is 0 Å². The fraction of sp³-hybridized carbons (Fsp3) is 0.583. The van der Waals surface area contributed by atoms with Crippen LogP contribution in [0.4, 0.5) is 4.79 Å². The molecular formula is C12H18BrN3O4. The third kappa shape index (κ3) is 3.37. The smallest absolute Gasteiger partial charge is 0.427 e. The first-order valence-electron chi connectivity index (χ1n) is 5.95. The van der Waals surface area contributed by atoms with E-state index in [1.54, 1.807) is 27.7 Å². The zero-order valence-corrected chi connectivity index (χ0v) is 13.6. The van der Waals surface area contributed by atoms with E-state index in [9.17, 15) is 14.7 Å². The van der Waals surface area contributed by atoms with Gasteiger partial charge in [-0.25, -0.2) is 19.5 Å². The molecule has 7 nitrogen and oxygen atoms in total. The van der Waals surface area contributed by atoms with Gasteiger partial charge in [0.15, 0.2) is 5.82 Å². The third-order valence-corrected chi connectivity index (χ3v) is 3.02. The van der Waals surface area contributed by atoms with Gasteiger partial charge < -0.3 is 9.84 Å². The first-order valence-corrected chi connectivity index (χ1v) is 6.74. The molecule has 0 aliphatic rings. The number of aromatic nitrogens is 2. The van der Waals surface area contributed by atoms with E-state index in [0.29, 0.717) is 4.60 Å². The number of nitrogens with zero attached hydrogens (tertiary/aromatic N) is 3. The van der Waals surface area contributed by atoms with E-state index in [1.807, 2.05) is 0 Å². The molecule has 0 spiro atoms. The molecule has 0 fully saturated rings. The van der Waals surface area contributed by atoms with E-state index >= 15 is 0 Å². The number of amides is 1. The van der Waals surface area contributed by atoms with E-state index in [2.05, 4.69) is 20.9 Å². The van der Waals surface area contributed by atoms with Crippen LogP contribution < -0.4 is 5.01 Å². The van der Waals surface area contributed by atoms with Crippen LogP contribution in [0.2, 0.25) is 0 Å². The number of ether oxygens (including phenoxy) is 1. The van der Waals surface area contributed by atoms with Crippen LogP contribution in [-0.4, -0.2) is 45.4 Å². The van der Waals surface area contributed by atoms with Crippen molar-refractivity contribution in [3.05, 3.63) is 16.6 Å². The Labute approximate surface area is 125 Å². The van der Waals surface area contributed by atoms with Crippen molar-refractivity contribution in [2.24, 2.45) is 0 Å². The second-order valence-electron chi connectivity index (χ2n) is 5.24. The van der Waals surface area contributed by atoms with Gasteiger partial charge in [0.2, 0.25) is 5.78 Å². The maximum atomic E-state index is 12.2. The van der Waals surface area contributed by atoms with Crippen molar-refractivity contribution in [1.82, 2.24) is 9.66 Å². The van der Waals surface area contributed by atoms with E-state index in [1.165, 1.54) is 18.0 Å². The molecule has 0 radical (unpaired) electrons. The van der Waals surface area contributed by atoms with Gasteiger partial charge in [-0.3, -0.25) is 4.79 Å². The number of carbonyl (C=O) groups is 2. The van der Waals surface area contributed by atoms with Crippen molar-refractivity contribution in [1.29, 1.82) is 0 Å². The number of halogens is 1. The molecule has 1 heterocycles. The Kier molecular flexibility index (Phi) is 4.93.